The van der Waals surface area contributed by atoms with Crippen LogP contribution < -0.4 is 14.8 Å². The number of benzene rings is 3. The lowest BCUT2D eigenvalue weighted by molar-refractivity contribution is -0.149. The van der Waals surface area contributed by atoms with Crippen LogP contribution in [0.3, 0.4) is 0 Å². The SMILES string of the molecule is COc1ccc(-c2csc(NC(=O)COC(=O)COc3ccccc3-c3ccccc3)n2)cc1. The van der Waals surface area contributed by atoms with Gasteiger partial charge >= 0.3 is 5.97 Å². The lowest BCUT2D eigenvalue weighted by atomic mass is 10.1. The van der Waals surface area contributed by atoms with Crippen LogP contribution in [0.5, 0.6) is 11.5 Å². The molecule has 34 heavy (non-hydrogen) atoms. The highest BCUT2D eigenvalue weighted by Crippen LogP contribution is 2.29. The summed E-state index contributed by atoms with van der Waals surface area (Å²) >= 11 is 1.28. The van der Waals surface area contributed by atoms with Crippen LogP contribution in [0.4, 0.5) is 5.13 Å². The topological polar surface area (TPSA) is 86.8 Å². The molecule has 1 N–H and O–H groups in total. The first-order valence-corrected chi connectivity index (χ1v) is 11.3. The van der Waals surface area contributed by atoms with E-state index in [1.54, 1.807) is 13.2 Å². The molecule has 4 rings (SSSR count). The zero-order chi connectivity index (χ0) is 23.8. The number of esters is 1. The minimum Gasteiger partial charge on any atom is -0.497 e. The standard InChI is InChI=1S/C26H22N2O5S/c1-31-20-13-11-19(12-14-20)22-17-34-26(27-22)28-24(29)15-33-25(30)16-32-23-10-6-5-9-21(23)18-7-3-2-4-8-18/h2-14,17H,15-16H2,1H3,(H,27,28,29). The summed E-state index contributed by atoms with van der Waals surface area (Å²) in [5.41, 5.74) is 3.47. The Bertz CT molecular complexity index is 1260. The van der Waals surface area contributed by atoms with Gasteiger partial charge in [0, 0.05) is 16.5 Å². The van der Waals surface area contributed by atoms with Crippen LogP contribution >= 0.6 is 11.3 Å². The number of ether oxygens (including phenoxy) is 3. The Morgan fingerprint density at radius 3 is 2.38 bits per heavy atom. The number of rotatable bonds is 9. The number of nitrogens with zero attached hydrogens (tertiary/aromatic N) is 1. The molecule has 172 valence electrons. The lowest BCUT2D eigenvalue weighted by Gasteiger charge is -2.11. The largest absolute Gasteiger partial charge is 0.497 e. The lowest BCUT2D eigenvalue weighted by Crippen LogP contribution is -2.23. The van der Waals surface area contributed by atoms with Crippen LogP contribution in [-0.4, -0.2) is 37.2 Å². The van der Waals surface area contributed by atoms with E-state index in [4.69, 9.17) is 14.2 Å². The second-order valence-corrected chi connectivity index (χ2v) is 7.98. The number of thiazole rings is 1. The van der Waals surface area contributed by atoms with Gasteiger partial charge in [-0.1, -0.05) is 48.5 Å². The average molecular weight is 475 g/mol. The third kappa shape index (κ3) is 5.99. The van der Waals surface area contributed by atoms with Crippen molar-refractivity contribution in [3.8, 4) is 33.9 Å². The van der Waals surface area contributed by atoms with Crippen molar-refractivity contribution in [2.75, 3.05) is 25.6 Å². The summed E-state index contributed by atoms with van der Waals surface area (Å²) in [6.45, 7) is -0.740. The fourth-order valence-electron chi connectivity index (χ4n) is 3.15. The molecule has 8 heteroatoms. The molecule has 0 aliphatic heterocycles. The summed E-state index contributed by atoms with van der Waals surface area (Å²) < 4.78 is 15.8. The van der Waals surface area contributed by atoms with Crippen molar-refractivity contribution in [1.29, 1.82) is 0 Å². The molecule has 4 aromatic rings. The second-order valence-electron chi connectivity index (χ2n) is 7.13. The minimum atomic E-state index is -0.643. The molecule has 1 amide bonds. The molecular formula is C26H22N2O5S. The van der Waals surface area contributed by atoms with Gasteiger partial charge in [0.25, 0.3) is 5.91 Å². The molecule has 1 aromatic heterocycles. The fourth-order valence-corrected chi connectivity index (χ4v) is 3.89. The number of methoxy groups -OCH3 is 1. The molecule has 0 bridgehead atoms. The summed E-state index contributed by atoms with van der Waals surface area (Å²) in [5, 5.41) is 4.89. The quantitative estimate of drug-likeness (QED) is 0.342. The van der Waals surface area contributed by atoms with E-state index >= 15 is 0 Å². The smallest absolute Gasteiger partial charge is 0.344 e. The number of aromatic nitrogens is 1. The monoisotopic (exact) mass is 474 g/mol. The third-order valence-electron chi connectivity index (χ3n) is 4.82. The average Bonchev–Trinajstić information content (AvgIpc) is 3.35. The highest BCUT2D eigenvalue weighted by molar-refractivity contribution is 7.14. The van der Waals surface area contributed by atoms with E-state index in [2.05, 4.69) is 10.3 Å². The van der Waals surface area contributed by atoms with Crippen LogP contribution in [-0.2, 0) is 14.3 Å². The number of nitrogens with one attached hydrogen (secondary N) is 1. The van der Waals surface area contributed by atoms with Gasteiger partial charge in [-0.15, -0.1) is 11.3 Å². The number of para-hydroxylation sites is 1. The number of amides is 1. The van der Waals surface area contributed by atoms with E-state index in [-0.39, 0.29) is 6.61 Å². The molecule has 0 radical (unpaired) electrons. The van der Waals surface area contributed by atoms with Gasteiger partial charge in [0.05, 0.1) is 12.8 Å². The van der Waals surface area contributed by atoms with Crippen LogP contribution in [0.2, 0.25) is 0 Å². The molecule has 0 unspecified atom stereocenters. The molecule has 0 spiro atoms. The van der Waals surface area contributed by atoms with Crippen LogP contribution in [0.1, 0.15) is 0 Å². The first-order valence-electron chi connectivity index (χ1n) is 10.4. The summed E-state index contributed by atoms with van der Waals surface area (Å²) in [6.07, 6.45) is 0. The summed E-state index contributed by atoms with van der Waals surface area (Å²) in [7, 11) is 1.61. The van der Waals surface area contributed by atoms with Gasteiger partial charge in [0.15, 0.2) is 18.3 Å². The summed E-state index contributed by atoms with van der Waals surface area (Å²) in [6, 6.07) is 24.6. The number of carbonyl (C=O) groups excluding carboxylic acids is 2. The molecule has 0 saturated carbocycles. The highest BCUT2D eigenvalue weighted by Gasteiger charge is 2.13. The Hall–Kier alpha value is -4.17. The minimum absolute atomic E-state index is 0.310. The maximum Gasteiger partial charge on any atom is 0.344 e. The van der Waals surface area contributed by atoms with E-state index in [0.717, 1.165) is 28.1 Å². The molecular weight excluding hydrogens is 452 g/mol. The molecule has 0 aliphatic carbocycles. The number of carbonyl (C=O) groups is 2. The van der Waals surface area contributed by atoms with Crippen molar-refractivity contribution in [2.45, 2.75) is 0 Å². The number of hydrogen-bond acceptors (Lipinski definition) is 7. The first-order chi connectivity index (χ1) is 16.6. The van der Waals surface area contributed by atoms with Gasteiger partial charge < -0.3 is 14.2 Å². The Balaban J connectivity index is 1.26. The van der Waals surface area contributed by atoms with E-state index < -0.39 is 18.5 Å². The molecule has 0 atom stereocenters. The van der Waals surface area contributed by atoms with Crippen molar-refractivity contribution in [2.24, 2.45) is 0 Å². The molecule has 0 aliphatic rings. The molecule has 7 nitrogen and oxygen atoms in total. The zero-order valence-electron chi connectivity index (χ0n) is 18.4. The van der Waals surface area contributed by atoms with Crippen molar-refractivity contribution in [1.82, 2.24) is 4.98 Å². The zero-order valence-corrected chi connectivity index (χ0v) is 19.2. The van der Waals surface area contributed by atoms with Crippen molar-refractivity contribution < 1.29 is 23.8 Å². The van der Waals surface area contributed by atoms with E-state index in [1.807, 2.05) is 78.2 Å². The molecule has 0 saturated heterocycles. The van der Waals surface area contributed by atoms with Crippen LogP contribution in [0.15, 0.2) is 84.2 Å². The Morgan fingerprint density at radius 2 is 1.62 bits per heavy atom. The van der Waals surface area contributed by atoms with Gasteiger partial charge in [-0.25, -0.2) is 9.78 Å². The molecule has 0 fully saturated rings. The van der Waals surface area contributed by atoms with E-state index in [9.17, 15) is 9.59 Å². The molecule has 3 aromatic carbocycles. The normalized spacial score (nSPS) is 10.4. The van der Waals surface area contributed by atoms with Gasteiger partial charge in [-0.3, -0.25) is 10.1 Å². The number of anilines is 1. The molecule has 1 heterocycles. The van der Waals surface area contributed by atoms with E-state index in [1.165, 1.54) is 11.3 Å². The second kappa shape index (κ2) is 11.1. The maximum absolute atomic E-state index is 12.2. The first kappa shape index (κ1) is 23.0. The fraction of sp³-hybridized carbons (Fsp3) is 0.115. The summed E-state index contributed by atoms with van der Waals surface area (Å²) in [4.78, 5) is 28.7. The predicted molar refractivity (Wildman–Crippen MR) is 131 cm³/mol. The Labute approximate surface area is 201 Å². The van der Waals surface area contributed by atoms with Gasteiger partial charge in [0.1, 0.15) is 11.5 Å². The van der Waals surface area contributed by atoms with Crippen molar-refractivity contribution >= 4 is 28.3 Å². The van der Waals surface area contributed by atoms with Gasteiger partial charge in [0.2, 0.25) is 0 Å². The Morgan fingerprint density at radius 1 is 0.882 bits per heavy atom. The maximum atomic E-state index is 12.2. The van der Waals surface area contributed by atoms with Gasteiger partial charge in [-0.2, -0.15) is 0 Å². The predicted octanol–water partition coefficient (Wildman–Crippen LogP) is 5.05. The van der Waals surface area contributed by atoms with E-state index in [0.29, 0.717) is 10.9 Å². The third-order valence-corrected chi connectivity index (χ3v) is 5.58. The number of hydrogen-bond donors (Lipinski definition) is 1. The van der Waals surface area contributed by atoms with Crippen LogP contribution in [0, 0.1) is 0 Å². The van der Waals surface area contributed by atoms with Crippen LogP contribution in [0.25, 0.3) is 22.4 Å². The highest BCUT2D eigenvalue weighted by atomic mass is 32.1. The van der Waals surface area contributed by atoms with Crippen molar-refractivity contribution in [3.63, 3.8) is 0 Å². The summed E-state index contributed by atoms with van der Waals surface area (Å²) in [5.74, 6) is 0.190. The Kier molecular flexibility index (Phi) is 7.52. The van der Waals surface area contributed by atoms with Gasteiger partial charge in [-0.05, 0) is 35.9 Å². The van der Waals surface area contributed by atoms with Crippen molar-refractivity contribution in [3.05, 3.63) is 84.2 Å².